The third kappa shape index (κ3) is 4.35. The van der Waals surface area contributed by atoms with Gasteiger partial charge in [-0.05, 0) is 19.1 Å². The van der Waals surface area contributed by atoms with Crippen LogP contribution in [0.2, 0.25) is 0 Å². The van der Waals surface area contributed by atoms with Crippen LogP contribution in [0.1, 0.15) is 13.3 Å². The van der Waals surface area contributed by atoms with Crippen LogP contribution < -0.4 is 20.5 Å². The van der Waals surface area contributed by atoms with Crippen molar-refractivity contribution in [3.63, 3.8) is 0 Å². The highest BCUT2D eigenvalue weighted by Crippen LogP contribution is 2.32. The van der Waals surface area contributed by atoms with Gasteiger partial charge in [-0.1, -0.05) is 0 Å². The van der Waals surface area contributed by atoms with Crippen molar-refractivity contribution in [2.75, 3.05) is 43.9 Å². The predicted molar refractivity (Wildman–Crippen MR) is 96.7 cm³/mol. The second-order valence-corrected chi connectivity index (χ2v) is 8.40. The summed E-state index contributed by atoms with van der Waals surface area (Å²) < 4.78 is 36.1. The maximum Gasteiger partial charge on any atom is 0.213 e. The first-order chi connectivity index (χ1) is 12.0. The lowest BCUT2D eigenvalue weighted by Crippen LogP contribution is -2.51. The number of hydrogen-bond donors (Lipinski definition) is 2. The van der Waals surface area contributed by atoms with Crippen molar-refractivity contribution in [2.24, 2.45) is 16.6 Å². The van der Waals surface area contributed by atoms with Gasteiger partial charge in [0.15, 0.2) is 17.5 Å². The molecule has 0 aromatic heterocycles. The largest absolute Gasteiger partial charge is 0.490 e. The molecule has 138 valence electrons. The maximum atomic E-state index is 11.7. The van der Waals surface area contributed by atoms with Gasteiger partial charge in [0.2, 0.25) is 10.0 Å². The van der Waals surface area contributed by atoms with Gasteiger partial charge in [0, 0.05) is 43.7 Å². The molecule has 8 nitrogen and oxygen atoms in total. The van der Waals surface area contributed by atoms with Crippen LogP contribution in [0.5, 0.6) is 11.5 Å². The van der Waals surface area contributed by atoms with Crippen molar-refractivity contribution >= 4 is 21.7 Å². The SMILES string of the molecule is CCS(=O)(=O)N1CC(CN=C(N)Nc2ccc3c(c2)OCCCO3)C1. The average Bonchev–Trinajstić information content (AvgIpc) is 2.78. The van der Waals surface area contributed by atoms with Crippen LogP contribution in [0.3, 0.4) is 0 Å². The summed E-state index contributed by atoms with van der Waals surface area (Å²) in [6.07, 6.45) is 0.854. The average molecular weight is 368 g/mol. The van der Waals surface area contributed by atoms with E-state index < -0.39 is 10.0 Å². The highest BCUT2D eigenvalue weighted by atomic mass is 32.2. The van der Waals surface area contributed by atoms with E-state index in [9.17, 15) is 8.42 Å². The number of sulfonamides is 1. The third-order valence-corrected chi connectivity index (χ3v) is 6.04. The lowest BCUT2D eigenvalue weighted by molar-refractivity contribution is 0.208. The predicted octanol–water partition coefficient (Wildman–Crippen LogP) is 0.856. The molecule has 1 aromatic rings. The summed E-state index contributed by atoms with van der Waals surface area (Å²) in [5, 5.41) is 3.03. The molecule has 9 heteroatoms. The smallest absolute Gasteiger partial charge is 0.213 e. The second-order valence-electron chi connectivity index (χ2n) is 6.15. The minimum atomic E-state index is -3.08. The Balaban J connectivity index is 1.52. The standard InChI is InChI=1S/C16H24N4O4S/c1-2-25(21,22)20-10-12(11-20)9-18-16(17)19-13-4-5-14-15(8-13)24-7-3-6-23-14/h4-5,8,12H,2-3,6-7,9-11H2,1H3,(H3,17,18,19). The molecule has 25 heavy (non-hydrogen) atoms. The van der Waals surface area contributed by atoms with Gasteiger partial charge in [-0.2, -0.15) is 0 Å². The number of ether oxygens (including phenoxy) is 2. The Morgan fingerprint density at radius 2 is 2.04 bits per heavy atom. The normalized spacial score (nSPS) is 19.2. The molecule has 0 saturated carbocycles. The van der Waals surface area contributed by atoms with E-state index >= 15 is 0 Å². The molecule has 3 rings (SSSR count). The van der Waals surface area contributed by atoms with E-state index in [1.165, 1.54) is 4.31 Å². The van der Waals surface area contributed by atoms with E-state index in [0.717, 1.165) is 17.9 Å². The van der Waals surface area contributed by atoms with Gasteiger partial charge in [0.05, 0.1) is 19.0 Å². The highest BCUT2D eigenvalue weighted by Gasteiger charge is 2.34. The van der Waals surface area contributed by atoms with Crippen molar-refractivity contribution in [1.82, 2.24) is 4.31 Å². The van der Waals surface area contributed by atoms with Crippen LogP contribution in [-0.2, 0) is 10.0 Å². The summed E-state index contributed by atoms with van der Waals surface area (Å²) in [6, 6.07) is 5.53. The van der Waals surface area contributed by atoms with Crippen molar-refractivity contribution in [3.05, 3.63) is 18.2 Å². The number of nitrogens with one attached hydrogen (secondary N) is 1. The van der Waals surface area contributed by atoms with E-state index in [0.29, 0.717) is 44.6 Å². The molecule has 1 aromatic carbocycles. The molecule has 0 atom stereocenters. The Morgan fingerprint density at radius 1 is 1.32 bits per heavy atom. The molecule has 2 aliphatic rings. The number of nitrogens with two attached hydrogens (primary N) is 1. The zero-order valence-electron chi connectivity index (χ0n) is 14.3. The van der Waals surface area contributed by atoms with Crippen molar-refractivity contribution in [3.8, 4) is 11.5 Å². The Bertz CT molecular complexity index is 745. The Labute approximate surface area is 148 Å². The van der Waals surface area contributed by atoms with Crippen LogP contribution in [-0.4, -0.2) is 57.3 Å². The maximum absolute atomic E-state index is 11.7. The zero-order valence-corrected chi connectivity index (χ0v) is 15.1. The number of benzene rings is 1. The minimum absolute atomic E-state index is 0.136. The molecule has 3 N–H and O–H groups in total. The number of nitrogens with zero attached hydrogens (tertiary/aromatic N) is 2. The summed E-state index contributed by atoms with van der Waals surface area (Å²) in [5.41, 5.74) is 6.69. The van der Waals surface area contributed by atoms with Gasteiger partial charge in [-0.15, -0.1) is 0 Å². The Kier molecular flexibility index (Phi) is 5.33. The van der Waals surface area contributed by atoms with Gasteiger partial charge < -0.3 is 20.5 Å². The van der Waals surface area contributed by atoms with Gasteiger partial charge in [-0.3, -0.25) is 4.99 Å². The lowest BCUT2D eigenvalue weighted by Gasteiger charge is -2.37. The van der Waals surface area contributed by atoms with Crippen molar-refractivity contribution in [1.29, 1.82) is 0 Å². The molecular weight excluding hydrogens is 344 g/mol. The van der Waals surface area contributed by atoms with E-state index in [4.69, 9.17) is 15.2 Å². The second kappa shape index (κ2) is 7.49. The molecule has 0 aliphatic carbocycles. The fourth-order valence-corrected chi connectivity index (χ4v) is 3.94. The van der Waals surface area contributed by atoms with Crippen LogP contribution >= 0.6 is 0 Å². The number of rotatable bonds is 5. The van der Waals surface area contributed by atoms with Gasteiger partial charge in [-0.25, -0.2) is 12.7 Å². The molecule has 2 heterocycles. The molecule has 0 amide bonds. The number of fused-ring (bicyclic) bond motifs is 1. The summed E-state index contributed by atoms with van der Waals surface area (Å²) in [4.78, 5) is 4.30. The van der Waals surface area contributed by atoms with E-state index in [1.54, 1.807) is 6.92 Å². The first-order valence-electron chi connectivity index (χ1n) is 8.42. The van der Waals surface area contributed by atoms with Crippen molar-refractivity contribution in [2.45, 2.75) is 13.3 Å². The third-order valence-electron chi connectivity index (χ3n) is 4.22. The fourth-order valence-electron chi connectivity index (χ4n) is 2.70. The number of anilines is 1. The van der Waals surface area contributed by atoms with Gasteiger partial charge in [0.1, 0.15) is 0 Å². The van der Waals surface area contributed by atoms with Crippen LogP contribution in [0, 0.1) is 5.92 Å². The van der Waals surface area contributed by atoms with E-state index in [-0.39, 0.29) is 11.7 Å². The minimum Gasteiger partial charge on any atom is -0.490 e. The fraction of sp³-hybridized carbons (Fsp3) is 0.562. The van der Waals surface area contributed by atoms with Crippen LogP contribution in [0.15, 0.2) is 23.2 Å². The Hall–Kier alpha value is -2.00. The van der Waals surface area contributed by atoms with Gasteiger partial charge in [0.25, 0.3) is 0 Å². The number of hydrogen-bond acceptors (Lipinski definition) is 5. The van der Waals surface area contributed by atoms with Crippen molar-refractivity contribution < 1.29 is 17.9 Å². The first kappa shape index (κ1) is 17.8. The summed E-state index contributed by atoms with van der Waals surface area (Å²) in [5.74, 6) is 2.06. The summed E-state index contributed by atoms with van der Waals surface area (Å²) in [7, 11) is -3.08. The molecule has 1 saturated heterocycles. The van der Waals surface area contributed by atoms with E-state index in [2.05, 4.69) is 10.3 Å². The first-order valence-corrected chi connectivity index (χ1v) is 10.0. The molecule has 0 unspecified atom stereocenters. The number of guanidine groups is 1. The zero-order chi connectivity index (χ0) is 17.9. The highest BCUT2D eigenvalue weighted by molar-refractivity contribution is 7.89. The van der Waals surface area contributed by atoms with Crippen LogP contribution in [0.25, 0.3) is 0 Å². The Morgan fingerprint density at radius 3 is 2.76 bits per heavy atom. The monoisotopic (exact) mass is 368 g/mol. The molecule has 0 spiro atoms. The topological polar surface area (TPSA) is 106 Å². The quantitative estimate of drug-likeness (QED) is 0.590. The molecule has 0 bridgehead atoms. The summed E-state index contributed by atoms with van der Waals surface area (Å²) >= 11 is 0. The van der Waals surface area contributed by atoms with Gasteiger partial charge >= 0.3 is 0 Å². The molecular formula is C16H24N4O4S. The molecule has 2 aliphatic heterocycles. The van der Waals surface area contributed by atoms with E-state index in [1.807, 2.05) is 18.2 Å². The number of aliphatic imine (C=N–C) groups is 1. The molecule has 1 fully saturated rings. The lowest BCUT2D eigenvalue weighted by atomic mass is 10.0. The van der Waals surface area contributed by atoms with Crippen LogP contribution in [0.4, 0.5) is 5.69 Å². The summed E-state index contributed by atoms with van der Waals surface area (Å²) in [6.45, 7) is 4.44. The molecule has 0 radical (unpaired) electrons.